The summed E-state index contributed by atoms with van der Waals surface area (Å²) in [5.41, 5.74) is 7.94. The molecule has 6 nitrogen and oxygen atoms in total. The van der Waals surface area contributed by atoms with Crippen molar-refractivity contribution >= 4 is 22.7 Å². The lowest BCUT2D eigenvalue weighted by Crippen LogP contribution is -2.15. The van der Waals surface area contributed by atoms with Gasteiger partial charge in [0.05, 0.1) is 6.61 Å². The molecule has 25 heavy (non-hydrogen) atoms. The summed E-state index contributed by atoms with van der Waals surface area (Å²) < 4.78 is 23.6. The van der Waals surface area contributed by atoms with Crippen molar-refractivity contribution in [3.05, 3.63) is 48.5 Å². The van der Waals surface area contributed by atoms with Crippen LogP contribution in [-0.4, -0.2) is 29.2 Å². The van der Waals surface area contributed by atoms with E-state index in [-0.39, 0.29) is 24.8 Å². The van der Waals surface area contributed by atoms with E-state index in [0.29, 0.717) is 16.7 Å². The van der Waals surface area contributed by atoms with E-state index in [1.807, 2.05) is 0 Å². The minimum absolute atomic E-state index is 0.250. The van der Waals surface area contributed by atoms with E-state index >= 15 is 0 Å². The van der Waals surface area contributed by atoms with Crippen molar-refractivity contribution in [1.82, 2.24) is 9.97 Å². The molecular formula is C18H16FN3O3. The van der Waals surface area contributed by atoms with Crippen LogP contribution in [0.1, 0.15) is 6.92 Å². The summed E-state index contributed by atoms with van der Waals surface area (Å²) in [4.78, 5) is 19.7. The lowest BCUT2D eigenvalue weighted by atomic mass is 10.0. The van der Waals surface area contributed by atoms with E-state index in [1.165, 1.54) is 18.5 Å². The fourth-order valence-electron chi connectivity index (χ4n) is 2.41. The Morgan fingerprint density at radius 1 is 1.16 bits per heavy atom. The molecule has 0 bridgehead atoms. The van der Waals surface area contributed by atoms with Crippen molar-refractivity contribution in [3.8, 4) is 16.9 Å². The zero-order valence-electron chi connectivity index (χ0n) is 13.5. The minimum Gasteiger partial charge on any atom is -0.480 e. The number of esters is 1. The Kier molecular flexibility index (Phi) is 4.74. The van der Waals surface area contributed by atoms with Crippen molar-refractivity contribution in [2.75, 3.05) is 18.9 Å². The molecule has 0 atom stereocenters. The van der Waals surface area contributed by atoms with Crippen LogP contribution in [-0.2, 0) is 9.53 Å². The quantitative estimate of drug-likeness (QED) is 0.718. The maximum absolute atomic E-state index is 13.2. The lowest BCUT2D eigenvalue weighted by molar-refractivity contribution is -0.145. The van der Waals surface area contributed by atoms with Gasteiger partial charge in [0.15, 0.2) is 6.61 Å². The van der Waals surface area contributed by atoms with Gasteiger partial charge in [0, 0.05) is 5.39 Å². The van der Waals surface area contributed by atoms with E-state index in [0.717, 1.165) is 11.1 Å². The molecule has 7 heteroatoms. The first-order valence-corrected chi connectivity index (χ1v) is 7.67. The monoisotopic (exact) mass is 341 g/mol. The smallest absolute Gasteiger partial charge is 0.344 e. The molecule has 0 saturated carbocycles. The Bertz CT molecular complexity index is 913. The average Bonchev–Trinajstić information content (AvgIpc) is 2.61. The molecule has 0 unspecified atom stereocenters. The molecule has 3 aromatic rings. The van der Waals surface area contributed by atoms with Crippen LogP contribution in [0.5, 0.6) is 5.75 Å². The summed E-state index contributed by atoms with van der Waals surface area (Å²) in [7, 11) is 0. The van der Waals surface area contributed by atoms with Crippen LogP contribution in [0.3, 0.4) is 0 Å². The maximum atomic E-state index is 13.2. The van der Waals surface area contributed by atoms with Crippen molar-refractivity contribution in [2.24, 2.45) is 0 Å². The molecule has 0 radical (unpaired) electrons. The molecule has 0 amide bonds. The number of hydrogen-bond acceptors (Lipinski definition) is 6. The van der Waals surface area contributed by atoms with Gasteiger partial charge >= 0.3 is 5.97 Å². The fraction of sp³-hybridized carbons (Fsp3) is 0.167. The van der Waals surface area contributed by atoms with Crippen LogP contribution < -0.4 is 10.5 Å². The number of nitrogen functional groups attached to an aromatic ring is 1. The summed E-state index contributed by atoms with van der Waals surface area (Å²) in [5, 5.41) is 0.586. The zero-order chi connectivity index (χ0) is 17.8. The summed E-state index contributed by atoms with van der Waals surface area (Å²) in [5.74, 6) is -0.148. The SMILES string of the molecule is CCOC(=O)COc1cc(-c2ccc(F)cc2)cc2c(N)ncnc12. The van der Waals surface area contributed by atoms with Gasteiger partial charge in [0.1, 0.15) is 29.2 Å². The predicted molar refractivity (Wildman–Crippen MR) is 91.5 cm³/mol. The predicted octanol–water partition coefficient (Wildman–Crippen LogP) is 2.96. The topological polar surface area (TPSA) is 87.3 Å². The number of nitrogens with two attached hydrogens (primary N) is 1. The van der Waals surface area contributed by atoms with E-state index in [1.54, 1.807) is 31.2 Å². The first-order valence-electron chi connectivity index (χ1n) is 7.67. The second kappa shape index (κ2) is 7.12. The number of halogens is 1. The molecule has 0 aliphatic rings. The van der Waals surface area contributed by atoms with Gasteiger partial charge in [-0.15, -0.1) is 0 Å². The van der Waals surface area contributed by atoms with Gasteiger partial charge < -0.3 is 15.2 Å². The average molecular weight is 341 g/mol. The number of aromatic nitrogens is 2. The van der Waals surface area contributed by atoms with Crippen LogP contribution in [0.4, 0.5) is 10.2 Å². The third kappa shape index (κ3) is 3.65. The highest BCUT2D eigenvalue weighted by atomic mass is 19.1. The van der Waals surface area contributed by atoms with Crippen LogP contribution in [0.15, 0.2) is 42.7 Å². The number of fused-ring (bicyclic) bond motifs is 1. The van der Waals surface area contributed by atoms with Crippen molar-refractivity contribution < 1.29 is 18.7 Å². The van der Waals surface area contributed by atoms with E-state index in [4.69, 9.17) is 15.2 Å². The minimum atomic E-state index is -0.482. The van der Waals surface area contributed by atoms with Gasteiger partial charge in [-0.05, 0) is 42.3 Å². The number of carbonyl (C=O) groups is 1. The lowest BCUT2D eigenvalue weighted by Gasteiger charge is -2.12. The molecule has 2 N–H and O–H groups in total. The molecule has 0 fully saturated rings. The number of carbonyl (C=O) groups excluding carboxylic acids is 1. The molecule has 0 saturated heterocycles. The van der Waals surface area contributed by atoms with Gasteiger partial charge in [-0.25, -0.2) is 19.2 Å². The molecule has 0 aliphatic carbocycles. The van der Waals surface area contributed by atoms with E-state index < -0.39 is 5.97 Å². The molecule has 1 aromatic heterocycles. The maximum Gasteiger partial charge on any atom is 0.344 e. The third-order valence-corrected chi connectivity index (χ3v) is 3.56. The molecular weight excluding hydrogens is 325 g/mol. The van der Waals surface area contributed by atoms with Crippen LogP contribution in [0.2, 0.25) is 0 Å². The summed E-state index contributed by atoms with van der Waals surface area (Å²) in [6, 6.07) is 9.54. The number of nitrogens with zero attached hydrogens (tertiary/aromatic N) is 2. The van der Waals surface area contributed by atoms with Gasteiger partial charge in [0.2, 0.25) is 0 Å². The van der Waals surface area contributed by atoms with Crippen LogP contribution in [0.25, 0.3) is 22.0 Å². The molecule has 0 spiro atoms. The molecule has 128 valence electrons. The highest BCUT2D eigenvalue weighted by molar-refractivity contribution is 5.96. The van der Waals surface area contributed by atoms with Gasteiger partial charge in [0.25, 0.3) is 0 Å². The summed E-state index contributed by atoms with van der Waals surface area (Å²) in [6.45, 7) is 1.74. The largest absolute Gasteiger partial charge is 0.480 e. The molecule has 0 aliphatic heterocycles. The third-order valence-electron chi connectivity index (χ3n) is 3.56. The standard InChI is InChI=1S/C18H16FN3O3/c1-2-24-16(23)9-25-15-8-12(11-3-5-13(19)6-4-11)7-14-17(15)21-10-22-18(14)20/h3-8,10H,2,9H2,1H3,(H2,20,21,22). The number of ether oxygens (including phenoxy) is 2. The van der Waals surface area contributed by atoms with Gasteiger partial charge in [-0.2, -0.15) is 0 Å². The zero-order valence-corrected chi connectivity index (χ0v) is 13.5. The Labute approximate surface area is 143 Å². The summed E-state index contributed by atoms with van der Waals surface area (Å²) in [6.07, 6.45) is 1.33. The molecule has 3 rings (SSSR count). The van der Waals surface area contributed by atoms with Gasteiger partial charge in [-0.3, -0.25) is 0 Å². The van der Waals surface area contributed by atoms with Crippen molar-refractivity contribution in [1.29, 1.82) is 0 Å². The summed E-state index contributed by atoms with van der Waals surface area (Å²) >= 11 is 0. The molecule has 2 aromatic carbocycles. The van der Waals surface area contributed by atoms with Gasteiger partial charge in [-0.1, -0.05) is 12.1 Å². The number of benzene rings is 2. The number of rotatable bonds is 5. The second-order valence-corrected chi connectivity index (χ2v) is 5.23. The fourth-order valence-corrected chi connectivity index (χ4v) is 2.41. The highest BCUT2D eigenvalue weighted by Crippen LogP contribution is 2.33. The Balaban J connectivity index is 2.05. The van der Waals surface area contributed by atoms with E-state index in [2.05, 4.69) is 9.97 Å². The first-order chi connectivity index (χ1) is 12.1. The second-order valence-electron chi connectivity index (χ2n) is 5.23. The Morgan fingerprint density at radius 2 is 1.92 bits per heavy atom. The Hall–Kier alpha value is -3.22. The molecule has 1 heterocycles. The normalized spacial score (nSPS) is 10.6. The van der Waals surface area contributed by atoms with Crippen molar-refractivity contribution in [2.45, 2.75) is 6.92 Å². The number of hydrogen-bond donors (Lipinski definition) is 1. The van der Waals surface area contributed by atoms with Crippen LogP contribution in [0, 0.1) is 5.82 Å². The first kappa shape index (κ1) is 16.6. The highest BCUT2D eigenvalue weighted by Gasteiger charge is 2.13. The van der Waals surface area contributed by atoms with Crippen LogP contribution >= 0.6 is 0 Å². The Morgan fingerprint density at radius 3 is 2.64 bits per heavy atom. The van der Waals surface area contributed by atoms with Crippen molar-refractivity contribution in [3.63, 3.8) is 0 Å². The number of anilines is 1. The van der Waals surface area contributed by atoms with E-state index in [9.17, 15) is 9.18 Å².